The first-order valence-corrected chi connectivity index (χ1v) is 5.68. The largest absolute Gasteiger partial charge is 0.0883 e. The van der Waals surface area contributed by atoms with Crippen LogP contribution in [0.15, 0.2) is 30.3 Å². The van der Waals surface area contributed by atoms with Crippen LogP contribution in [-0.4, -0.2) is 5.33 Å². The lowest BCUT2D eigenvalue weighted by atomic mass is 10.0. The molecule has 0 saturated heterocycles. The highest BCUT2D eigenvalue weighted by Gasteiger charge is 1.97. The van der Waals surface area contributed by atoms with Crippen LogP contribution < -0.4 is 0 Å². The summed E-state index contributed by atoms with van der Waals surface area (Å²) in [7, 11) is 0. The smallest absolute Gasteiger partial charge is 0.0215 e. The molecular weight excluding hydrogens is 224 g/mol. The summed E-state index contributed by atoms with van der Waals surface area (Å²) in [5, 5.41) is 0.916. The van der Waals surface area contributed by atoms with Crippen molar-refractivity contribution in [2.45, 2.75) is 19.8 Å². The molecule has 0 aliphatic carbocycles. The Labute approximate surface area is 88.8 Å². The summed E-state index contributed by atoms with van der Waals surface area (Å²) in [6.07, 6.45) is 4.25. The van der Waals surface area contributed by atoms with E-state index in [1.807, 2.05) is 0 Å². The van der Waals surface area contributed by atoms with Crippen LogP contribution >= 0.6 is 15.9 Å². The SMILES string of the molecule is CC(C)c1cccc(C=CCBr)c1. The maximum atomic E-state index is 3.37. The van der Waals surface area contributed by atoms with Gasteiger partial charge in [0.25, 0.3) is 0 Å². The molecule has 0 saturated carbocycles. The van der Waals surface area contributed by atoms with Crippen LogP contribution in [0, 0.1) is 0 Å². The van der Waals surface area contributed by atoms with Crippen molar-refractivity contribution >= 4 is 22.0 Å². The van der Waals surface area contributed by atoms with Crippen LogP contribution in [0.3, 0.4) is 0 Å². The van der Waals surface area contributed by atoms with Gasteiger partial charge in [0.05, 0.1) is 0 Å². The Morgan fingerprint density at radius 2 is 2.15 bits per heavy atom. The molecule has 0 unspecified atom stereocenters. The number of alkyl halides is 1. The molecule has 0 amide bonds. The van der Waals surface area contributed by atoms with Crippen molar-refractivity contribution in [1.82, 2.24) is 0 Å². The van der Waals surface area contributed by atoms with E-state index in [1.54, 1.807) is 0 Å². The fraction of sp³-hybridized carbons (Fsp3) is 0.333. The fourth-order valence-corrected chi connectivity index (χ4v) is 1.39. The predicted molar refractivity (Wildman–Crippen MR) is 63.4 cm³/mol. The van der Waals surface area contributed by atoms with Crippen LogP contribution in [-0.2, 0) is 0 Å². The Morgan fingerprint density at radius 3 is 2.77 bits per heavy atom. The lowest BCUT2D eigenvalue weighted by molar-refractivity contribution is 0.866. The third-order valence-corrected chi connectivity index (χ3v) is 2.35. The highest BCUT2D eigenvalue weighted by atomic mass is 79.9. The van der Waals surface area contributed by atoms with Gasteiger partial charge in [0.2, 0.25) is 0 Å². The highest BCUT2D eigenvalue weighted by molar-refractivity contribution is 9.09. The van der Waals surface area contributed by atoms with Gasteiger partial charge in [-0.1, -0.05) is 66.2 Å². The number of benzene rings is 1. The van der Waals surface area contributed by atoms with Crippen LogP contribution in [0.5, 0.6) is 0 Å². The summed E-state index contributed by atoms with van der Waals surface area (Å²) in [4.78, 5) is 0. The monoisotopic (exact) mass is 238 g/mol. The molecule has 1 rings (SSSR count). The minimum atomic E-state index is 0.609. The third-order valence-electron chi connectivity index (χ3n) is 1.98. The van der Waals surface area contributed by atoms with Crippen molar-refractivity contribution in [1.29, 1.82) is 0 Å². The Balaban J connectivity index is 2.85. The summed E-state index contributed by atoms with van der Waals surface area (Å²) in [6, 6.07) is 8.66. The second-order valence-corrected chi connectivity index (χ2v) is 4.03. The zero-order chi connectivity index (χ0) is 9.68. The summed E-state index contributed by atoms with van der Waals surface area (Å²) >= 11 is 3.37. The molecule has 13 heavy (non-hydrogen) atoms. The number of rotatable bonds is 3. The van der Waals surface area contributed by atoms with E-state index in [2.05, 4.69) is 66.2 Å². The van der Waals surface area contributed by atoms with Gasteiger partial charge in [-0.15, -0.1) is 0 Å². The van der Waals surface area contributed by atoms with Crippen LogP contribution in [0.25, 0.3) is 6.08 Å². The van der Waals surface area contributed by atoms with Gasteiger partial charge < -0.3 is 0 Å². The fourth-order valence-electron chi connectivity index (χ4n) is 1.20. The van der Waals surface area contributed by atoms with E-state index < -0.39 is 0 Å². The molecule has 0 nitrogen and oxygen atoms in total. The van der Waals surface area contributed by atoms with Crippen LogP contribution in [0.2, 0.25) is 0 Å². The predicted octanol–water partition coefficient (Wildman–Crippen LogP) is 4.22. The molecule has 0 bridgehead atoms. The molecule has 0 spiro atoms. The van der Waals surface area contributed by atoms with Gasteiger partial charge in [0, 0.05) is 5.33 Å². The second kappa shape index (κ2) is 5.23. The maximum Gasteiger partial charge on any atom is 0.0215 e. The van der Waals surface area contributed by atoms with E-state index >= 15 is 0 Å². The van der Waals surface area contributed by atoms with Gasteiger partial charge in [0.15, 0.2) is 0 Å². The van der Waals surface area contributed by atoms with E-state index in [9.17, 15) is 0 Å². The average Bonchev–Trinajstić information content (AvgIpc) is 2.15. The van der Waals surface area contributed by atoms with Crippen LogP contribution in [0.1, 0.15) is 30.9 Å². The van der Waals surface area contributed by atoms with Crippen molar-refractivity contribution in [3.8, 4) is 0 Å². The first kappa shape index (κ1) is 10.5. The first-order valence-electron chi connectivity index (χ1n) is 4.56. The van der Waals surface area contributed by atoms with Crippen molar-refractivity contribution in [3.63, 3.8) is 0 Å². The zero-order valence-electron chi connectivity index (χ0n) is 8.13. The second-order valence-electron chi connectivity index (χ2n) is 3.38. The van der Waals surface area contributed by atoms with E-state index in [-0.39, 0.29) is 0 Å². The molecule has 0 fully saturated rings. The molecule has 0 radical (unpaired) electrons. The lowest BCUT2D eigenvalue weighted by Gasteiger charge is -2.05. The Bertz CT molecular complexity index is 287. The Hall–Kier alpha value is -0.560. The minimum absolute atomic E-state index is 0.609. The number of allylic oxidation sites excluding steroid dienone is 1. The molecule has 0 heterocycles. The van der Waals surface area contributed by atoms with Crippen molar-refractivity contribution in [2.75, 3.05) is 5.33 Å². The van der Waals surface area contributed by atoms with E-state index in [0.29, 0.717) is 5.92 Å². The molecule has 0 atom stereocenters. The molecule has 1 aromatic carbocycles. The normalized spacial score (nSPS) is 11.4. The van der Waals surface area contributed by atoms with E-state index in [1.165, 1.54) is 11.1 Å². The number of hydrogen-bond donors (Lipinski definition) is 0. The average molecular weight is 239 g/mol. The molecule has 0 aromatic heterocycles. The Morgan fingerprint density at radius 1 is 1.38 bits per heavy atom. The molecule has 1 heteroatoms. The van der Waals surface area contributed by atoms with Crippen LogP contribution in [0.4, 0.5) is 0 Å². The first-order chi connectivity index (χ1) is 6.24. The van der Waals surface area contributed by atoms with Gasteiger partial charge >= 0.3 is 0 Å². The third kappa shape index (κ3) is 3.35. The van der Waals surface area contributed by atoms with Crippen molar-refractivity contribution < 1.29 is 0 Å². The zero-order valence-corrected chi connectivity index (χ0v) is 9.71. The van der Waals surface area contributed by atoms with Gasteiger partial charge in [-0.05, 0) is 17.0 Å². The summed E-state index contributed by atoms with van der Waals surface area (Å²) < 4.78 is 0. The quantitative estimate of drug-likeness (QED) is 0.693. The van der Waals surface area contributed by atoms with Crippen molar-refractivity contribution in [3.05, 3.63) is 41.5 Å². The van der Waals surface area contributed by atoms with Gasteiger partial charge in [-0.3, -0.25) is 0 Å². The summed E-state index contributed by atoms with van der Waals surface area (Å²) in [6.45, 7) is 4.43. The topological polar surface area (TPSA) is 0 Å². The molecule has 70 valence electrons. The molecule has 0 N–H and O–H groups in total. The minimum Gasteiger partial charge on any atom is -0.0883 e. The van der Waals surface area contributed by atoms with Gasteiger partial charge in [-0.25, -0.2) is 0 Å². The Kier molecular flexibility index (Phi) is 4.23. The van der Waals surface area contributed by atoms with Crippen molar-refractivity contribution in [2.24, 2.45) is 0 Å². The maximum absolute atomic E-state index is 3.37. The van der Waals surface area contributed by atoms with Gasteiger partial charge in [-0.2, -0.15) is 0 Å². The van der Waals surface area contributed by atoms with E-state index in [0.717, 1.165) is 5.33 Å². The molecular formula is C12H15Br. The highest BCUT2D eigenvalue weighted by Crippen LogP contribution is 2.16. The summed E-state index contributed by atoms with van der Waals surface area (Å²) in [5.41, 5.74) is 2.68. The number of halogens is 1. The van der Waals surface area contributed by atoms with E-state index in [4.69, 9.17) is 0 Å². The number of hydrogen-bond acceptors (Lipinski definition) is 0. The van der Waals surface area contributed by atoms with Gasteiger partial charge in [0.1, 0.15) is 0 Å². The molecule has 0 aliphatic rings. The molecule has 1 aromatic rings. The summed E-state index contributed by atoms with van der Waals surface area (Å²) in [5.74, 6) is 0.609. The molecule has 0 aliphatic heterocycles. The standard InChI is InChI=1S/C12H15Br/c1-10(2)12-7-3-5-11(9-12)6-4-8-13/h3-7,9-10H,8H2,1-2H3. The lowest BCUT2D eigenvalue weighted by Crippen LogP contribution is -1.86.